The quantitative estimate of drug-likeness (QED) is 0.381. The Kier molecular flexibility index (Phi) is 9.03. The number of aliphatic hydroxyl groups is 1. The van der Waals surface area contributed by atoms with Gasteiger partial charge in [-0.2, -0.15) is 0 Å². The smallest absolute Gasteiger partial charge is 0.192 e. The SMILES string of the molecule is C[C@H](O[Si](C)(C)C(C)(C)C)[C@H]1O[C@H](O)[C@@H](O[Si](C)(C)C(C)(C)C)[C@@H]1O[Si](C)(C)C(C)(C)C. The molecule has 1 fully saturated rings. The van der Waals surface area contributed by atoms with Crippen molar-refractivity contribution in [1.29, 1.82) is 0 Å². The average Bonchev–Trinajstić information content (AvgIpc) is 2.79. The highest BCUT2D eigenvalue weighted by atomic mass is 28.4. The van der Waals surface area contributed by atoms with Crippen molar-refractivity contribution in [2.24, 2.45) is 0 Å². The van der Waals surface area contributed by atoms with E-state index in [0.717, 1.165) is 0 Å². The minimum atomic E-state index is -2.15. The van der Waals surface area contributed by atoms with Crippen molar-refractivity contribution < 1.29 is 23.1 Å². The molecule has 1 N–H and O–H groups in total. The van der Waals surface area contributed by atoms with E-state index < -0.39 is 37.3 Å². The van der Waals surface area contributed by atoms with E-state index in [4.69, 9.17) is 18.0 Å². The topological polar surface area (TPSA) is 57.2 Å². The molecule has 5 atom stereocenters. The van der Waals surface area contributed by atoms with E-state index >= 15 is 0 Å². The molecule has 0 bridgehead atoms. The molecule has 0 aromatic rings. The highest BCUT2D eigenvalue weighted by molar-refractivity contribution is 6.75. The Labute approximate surface area is 202 Å². The summed E-state index contributed by atoms with van der Waals surface area (Å²) >= 11 is 0. The maximum Gasteiger partial charge on any atom is 0.192 e. The van der Waals surface area contributed by atoms with Crippen molar-refractivity contribution in [3.05, 3.63) is 0 Å². The molecule has 1 aliphatic heterocycles. The Bertz CT molecular complexity index is 629. The first kappa shape index (κ1) is 30.5. The molecule has 0 spiro atoms. The fourth-order valence-electron chi connectivity index (χ4n) is 3.04. The summed E-state index contributed by atoms with van der Waals surface area (Å²) in [6.45, 7) is 35.6. The van der Waals surface area contributed by atoms with Gasteiger partial charge in [-0.15, -0.1) is 0 Å². The Hall–Kier alpha value is 0.451. The number of rotatable bonds is 7. The number of ether oxygens (including phenoxy) is 1. The molecule has 0 aromatic carbocycles. The summed E-state index contributed by atoms with van der Waals surface area (Å²) < 4.78 is 26.5. The summed E-state index contributed by atoms with van der Waals surface area (Å²) in [5, 5.41) is 11.2. The van der Waals surface area contributed by atoms with Crippen LogP contribution in [0.5, 0.6) is 0 Å². The van der Waals surface area contributed by atoms with E-state index in [9.17, 15) is 5.11 Å². The van der Waals surface area contributed by atoms with Crippen LogP contribution in [0, 0.1) is 0 Å². The van der Waals surface area contributed by atoms with Crippen molar-refractivity contribution in [2.75, 3.05) is 0 Å². The minimum absolute atomic E-state index is 0.0234. The highest BCUT2D eigenvalue weighted by Crippen LogP contribution is 2.45. The van der Waals surface area contributed by atoms with Crippen LogP contribution in [0.25, 0.3) is 0 Å². The van der Waals surface area contributed by atoms with Crippen LogP contribution in [0.2, 0.25) is 54.4 Å². The van der Waals surface area contributed by atoms with E-state index in [1.807, 2.05) is 0 Å². The molecule has 1 saturated heterocycles. The van der Waals surface area contributed by atoms with Crippen molar-refractivity contribution >= 4 is 25.0 Å². The summed E-state index contributed by atoms with van der Waals surface area (Å²) in [6, 6.07) is 0. The molecule has 0 aliphatic carbocycles. The van der Waals surface area contributed by atoms with Crippen LogP contribution >= 0.6 is 0 Å². The standard InChI is InChI=1S/C24H54O5Si3/c1-17(27-30(11,12)22(2,3)4)18-19(28-31(13,14)23(5,6)7)20(21(25)26-18)29-32(15,16)24(8,9)10/h17-21,25H,1-16H3/t17-,18+,19+,20-,21-/m0/s1. The number of hydrogen-bond donors (Lipinski definition) is 1. The van der Waals surface area contributed by atoms with Crippen molar-refractivity contribution in [3.8, 4) is 0 Å². The maximum atomic E-state index is 11.0. The van der Waals surface area contributed by atoms with Crippen molar-refractivity contribution in [3.63, 3.8) is 0 Å². The van der Waals surface area contributed by atoms with Crippen LogP contribution in [0.15, 0.2) is 0 Å². The molecule has 1 aliphatic rings. The largest absolute Gasteiger partial charge is 0.411 e. The highest BCUT2D eigenvalue weighted by Gasteiger charge is 2.55. The second-order valence-corrected chi connectivity index (χ2v) is 28.5. The van der Waals surface area contributed by atoms with Crippen molar-refractivity contribution in [2.45, 2.75) is 154 Å². The lowest BCUT2D eigenvalue weighted by molar-refractivity contribution is -0.139. The summed E-state index contributed by atoms with van der Waals surface area (Å²) in [5.41, 5.74) is 0. The monoisotopic (exact) mass is 506 g/mol. The van der Waals surface area contributed by atoms with Crippen molar-refractivity contribution in [1.82, 2.24) is 0 Å². The third-order valence-electron chi connectivity index (χ3n) is 8.45. The molecule has 1 rings (SSSR count). The summed E-state index contributed by atoms with van der Waals surface area (Å²) in [7, 11) is -6.32. The van der Waals surface area contributed by atoms with Crippen LogP contribution in [0.4, 0.5) is 0 Å². The summed E-state index contributed by atoms with van der Waals surface area (Å²) in [6.07, 6.45) is -2.47. The van der Waals surface area contributed by atoms with Gasteiger partial charge in [-0.05, 0) is 61.3 Å². The van der Waals surface area contributed by atoms with Crippen LogP contribution in [0.1, 0.15) is 69.2 Å². The van der Waals surface area contributed by atoms with Gasteiger partial charge in [-0.1, -0.05) is 62.3 Å². The maximum absolute atomic E-state index is 11.0. The molecule has 1 heterocycles. The van der Waals surface area contributed by atoms with Crippen LogP contribution in [0.3, 0.4) is 0 Å². The first-order valence-corrected chi connectivity index (χ1v) is 20.9. The van der Waals surface area contributed by atoms with Gasteiger partial charge in [0.05, 0.1) is 6.10 Å². The Morgan fingerprint density at radius 3 is 1.34 bits per heavy atom. The summed E-state index contributed by atoms with van der Waals surface area (Å²) in [4.78, 5) is 0. The second kappa shape index (κ2) is 9.48. The molecule has 32 heavy (non-hydrogen) atoms. The van der Waals surface area contributed by atoms with E-state index in [2.05, 4.69) is 109 Å². The van der Waals surface area contributed by atoms with Gasteiger partial charge in [0.15, 0.2) is 31.2 Å². The Morgan fingerprint density at radius 2 is 1.00 bits per heavy atom. The van der Waals surface area contributed by atoms with Crippen LogP contribution < -0.4 is 0 Å². The molecule has 0 aromatic heterocycles. The minimum Gasteiger partial charge on any atom is -0.411 e. The van der Waals surface area contributed by atoms with Gasteiger partial charge < -0.3 is 23.1 Å². The Morgan fingerprint density at radius 1 is 0.656 bits per heavy atom. The summed E-state index contributed by atoms with van der Waals surface area (Å²) in [5.74, 6) is 0. The van der Waals surface area contributed by atoms with E-state index in [-0.39, 0.29) is 33.4 Å². The van der Waals surface area contributed by atoms with Crippen LogP contribution in [-0.4, -0.2) is 60.8 Å². The number of aliphatic hydroxyl groups excluding tert-OH is 1. The van der Waals surface area contributed by atoms with E-state index in [1.54, 1.807) is 0 Å². The molecule has 0 unspecified atom stereocenters. The molecule has 0 amide bonds. The Balaban J connectivity index is 3.34. The number of hydrogen-bond acceptors (Lipinski definition) is 5. The molecular formula is C24H54O5Si3. The fraction of sp³-hybridized carbons (Fsp3) is 1.00. The molecule has 8 heteroatoms. The lowest BCUT2D eigenvalue weighted by Crippen LogP contribution is -2.56. The molecule has 192 valence electrons. The third-order valence-corrected chi connectivity index (χ3v) is 22.0. The molecule has 0 radical (unpaired) electrons. The lowest BCUT2D eigenvalue weighted by atomic mass is 10.1. The average molecular weight is 507 g/mol. The van der Waals surface area contributed by atoms with E-state index in [0.29, 0.717) is 0 Å². The van der Waals surface area contributed by atoms with Gasteiger partial charge in [-0.25, -0.2) is 0 Å². The van der Waals surface area contributed by atoms with E-state index in [1.165, 1.54) is 0 Å². The van der Waals surface area contributed by atoms with Gasteiger partial charge in [0.1, 0.15) is 18.3 Å². The fourth-order valence-corrected chi connectivity index (χ4v) is 7.05. The molecular weight excluding hydrogens is 453 g/mol. The van der Waals surface area contributed by atoms with Gasteiger partial charge in [0, 0.05) is 0 Å². The molecule has 5 nitrogen and oxygen atoms in total. The zero-order chi connectivity index (χ0) is 25.7. The zero-order valence-corrected chi connectivity index (χ0v) is 27.0. The third kappa shape index (κ3) is 6.77. The van der Waals surface area contributed by atoms with Gasteiger partial charge in [0.2, 0.25) is 0 Å². The van der Waals surface area contributed by atoms with Gasteiger partial charge in [-0.3, -0.25) is 0 Å². The predicted octanol–water partition coefficient (Wildman–Crippen LogP) is 6.89. The predicted molar refractivity (Wildman–Crippen MR) is 143 cm³/mol. The normalized spacial score (nSPS) is 27.7. The first-order chi connectivity index (χ1) is 13.8. The second-order valence-electron chi connectivity index (χ2n) is 14.3. The lowest BCUT2D eigenvalue weighted by Gasteiger charge is -2.45. The zero-order valence-electron chi connectivity index (χ0n) is 24.0. The van der Waals surface area contributed by atoms with Gasteiger partial charge in [0.25, 0.3) is 0 Å². The molecule has 0 saturated carbocycles. The van der Waals surface area contributed by atoms with Gasteiger partial charge >= 0.3 is 0 Å². The first-order valence-electron chi connectivity index (χ1n) is 12.2. The van der Waals surface area contributed by atoms with Crippen LogP contribution in [-0.2, 0) is 18.0 Å².